The van der Waals surface area contributed by atoms with Gasteiger partial charge in [0.25, 0.3) is 0 Å². The van der Waals surface area contributed by atoms with Crippen LogP contribution >= 0.6 is 0 Å². The Kier molecular flexibility index (Phi) is 7.79. The predicted octanol–water partition coefficient (Wildman–Crippen LogP) is 0.186. The summed E-state index contributed by atoms with van der Waals surface area (Å²) in [5.41, 5.74) is 1.76. The summed E-state index contributed by atoms with van der Waals surface area (Å²) in [5, 5.41) is 12.9. The van der Waals surface area contributed by atoms with E-state index in [1.54, 1.807) is 0 Å². The molecule has 4 N–H and O–H groups in total. The van der Waals surface area contributed by atoms with Gasteiger partial charge in [-0.1, -0.05) is 12.1 Å². The summed E-state index contributed by atoms with van der Waals surface area (Å²) in [4.78, 5) is 3.95. The lowest BCUT2D eigenvalue weighted by Gasteiger charge is -2.11. The number of piperazine rings is 2. The molecule has 116 valence electrons. The fraction of sp³-hybridized carbons (Fsp3) is 0.533. The third-order valence-corrected chi connectivity index (χ3v) is 3.15. The highest BCUT2D eigenvalue weighted by molar-refractivity contribution is 5.71. The predicted molar refractivity (Wildman–Crippen MR) is 85.5 cm³/mol. The number of rotatable bonds is 0. The van der Waals surface area contributed by atoms with Gasteiger partial charge in [-0.05, 0) is 12.1 Å². The van der Waals surface area contributed by atoms with Gasteiger partial charge in [0.05, 0.1) is 0 Å². The van der Waals surface area contributed by atoms with Crippen LogP contribution in [0.1, 0.15) is 0 Å². The van der Waals surface area contributed by atoms with Crippen LogP contribution in [-0.4, -0.2) is 57.3 Å². The summed E-state index contributed by atoms with van der Waals surface area (Å²) >= 11 is 0. The highest BCUT2D eigenvalue weighted by Gasteiger charge is 1.92. The van der Waals surface area contributed by atoms with E-state index in [1.165, 1.54) is 6.39 Å². The molecule has 1 aromatic carbocycles. The van der Waals surface area contributed by atoms with Gasteiger partial charge in [0.15, 0.2) is 12.0 Å². The van der Waals surface area contributed by atoms with Crippen LogP contribution in [0, 0.1) is 0 Å². The minimum Gasteiger partial charge on any atom is -0.443 e. The van der Waals surface area contributed by atoms with Gasteiger partial charge in [0, 0.05) is 52.4 Å². The maximum absolute atomic E-state index is 5.01. The summed E-state index contributed by atoms with van der Waals surface area (Å²) in [5.74, 6) is 0. The summed E-state index contributed by atoms with van der Waals surface area (Å²) in [6, 6.07) is 7.67. The number of fused-ring (bicyclic) bond motifs is 1. The van der Waals surface area contributed by atoms with Crippen LogP contribution in [0.3, 0.4) is 0 Å². The second-order valence-electron chi connectivity index (χ2n) is 4.82. The number of para-hydroxylation sites is 2. The second kappa shape index (κ2) is 10.3. The maximum atomic E-state index is 5.01. The largest absolute Gasteiger partial charge is 0.443 e. The Labute approximate surface area is 125 Å². The molecule has 6 nitrogen and oxygen atoms in total. The molecule has 2 saturated heterocycles. The first-order valence-electron chi connectivity index (χ1n) is 7.58. The lowest BCUT2D eigenvalue weighted by molar-refractivity contribution is 0.534. The number of benzene rings is 1. The van der Waals surface area contributed by atoms with Crippen molar-refractivity contribution in [2.24, 2.45) is 0 Å². The van der Waals surface area contributed by atoms with Gasteiger partial charge in [-0.3, -0.25) is 0 Å². The third-order valence-electron chi connectivity index (χ3n) is 3.15. The fourth-order valence-corrected chi connectivity index (χ4v) is 2.01. The van der Waals surface area contributed by atoms with E-state index in [0.717, 1.165) is 63.5 Å². The Hall–Kier alpha value is -1.47. The molecule has 0 aliphatic carbocycles. The molecule has 0 radical (unpaired) electrons. The van der Waals surface area contributed by atoms with Crippen LogP contribution < -0.4 is 21.3 Å². The van der Waals surface area contributed by atoms with Gasteiger partial charge < -0.3 is 25.7 Å². The van der Waals surface area contributed by atoms with Crippen LogP contribution in [0.5, 0.6) is 0 Å². The Balaban J connectivity index is 0.000000120. The van der Waals surface area contributed by atoms with Crippen molar-refractivity contribution >= 4 is 11.1 Å². The second-order valence-corrected chi connectivity index (χ2v) is 4.82. The lowest BCUT2D eigenvalue weighted by Crippen LogP contribution is -2.39. The molecule has 2 fully saturated rings. The lowest BCUT2D eigenvalue weighted by atomic mass is 10.3. The molecule has 0 unspecified atom stereocenters. The molecule has 3 heterocycles. The van der Waals surface area contributed by atoms with Gasteiger partial charge >= 0.3 is 0 Å². The summed E-state index contributed by atoms with van der Waals surface area (Å²) in [6.07, 6.45) is 1.45. The quantitative estimate of drug-likeness (QED) is 0.555. The van der Waals surface area contributed by atoms with E-state index in [0.29, 0.717) is 0 Å². The standard InChI is InChI=1S/C7H5NO.2C4H10N2/c1-2-4-7-6(3-1)8-5-9-7;2*1-2-6-4-3-5-1/h1-5H;2*5-6H,1-4H2. The van der Waals surface area contributed by atoms with E-state index in [9.17, 15) is 0 Å². The summed E-state index contributed by atoms with van der Waals surface area (Å²) in [7, 11) is 0. The number of nitrogens with one attached hydrogen (secondary N) is 4. The molecule has 1 aromatic heterocycles. The minimum absolute atomic E-state index is 0.845. The molecule has 0 saturated carbocycles. The SMILES string of the molecule is C1CNCCN1.C1CNCCN1.c1ccc2ocnc2c1. The van der Waals surface area contributed by atoms with Crippen molar-refractivity contribution < 1.29 is 4.42 Å². The molecule has 0 spiro atoms. The normalized spacial score (nSPS) is 18.1. The number of hydrogen-bond acceptors (Lipinski definition) is 6. The molecule has 6 heteroatoms. The van der Waals surface area contributed by atoms with E-state index in [4.69, 9.17) is 4.42 Å². The Morgan fingerprint density at radius 2 is 1.19 bits per heavy atom. The van der Waals surface area contributed by atoms with Crippen LogP contribution in [-0.2, 0) is 0 Å². The van der Waals surface area contributed by atoms with Gasteiger partial charge in [-0.25, -0.2) is 4.98 Å². The average molecular weight is 291 g/mol. The highest BCUT2D eigenvalue weighted by Crippen LogP contribution is 2.09. The van der Waals surface area contributed by atoms with E-state index in [2.05, 4.69) is 26.3 Å². The molecule has 2 aromatic rings. The molecule has 0 amide bonds. The van der Waals surface area contributed by atoms with Crippen molar-refractivity contribution in [3.05, 3.63) is 30.7 Å². The topological polar surface area (TPSA) is 74.2 Å². The van der Waals surface area contributed by atoms with Crippen molar-refractivity contribution in [1.82, 2.24) is 26.3 Å². The molecule has 2 aliphatic rings. The summed E-state index contributed by atoms with van der Waals surface area (Å²) in [6.45, 7) is 9.11. The van der Waals surface area contributed by atoms with Gasteiger partial charge in [-0.2, -0.15) is 0 Å². The zero-order valence-corrected chi connectivity index (χ0v) is 12.4. The Morgan fingerprint density at radius 1 is 0.714 bits per heavy atom. The van der Waals surface area contributed by atoms with E-state index in [1.807, 2.05) is 24.3 Å². The Bertz CT molecular complexity index is 414. The Morgan fingerprint density at radius 3 is 1.62 bits per heavy atom. The van der Waals surface area contributed by atoms with Gasteiger partial charge in [0.2, 0.25) is 0 Å². The highest BCUT2D eigenvalue weighted by atomic mass is 16.3. The monoisotopic (exact) mass is 291 g/mol. The molecule has 4 rings (SSSR count). The van der Waals surface area contributed by atoms with E-state index < -0.39 is 0 Å². The van der Waals surface area contributed by atoms with Gasteiger partial charge in [-0.15, -0.1) is 0 Å². The van der Waals surface area contributed by atoms with Crippen molar-refractivity contribution in [1.29, 1.82) is 0 Å². The van der Waals surface area contributed by atoms with Crippen LogP contribution in [0.4, 0.5) is 0 Å². The van der Waals surface area contributed by atoms with Crippen LogP contribution in [0.2, 0.25) is 0 Å². The molecular formula is C15H25N5O. The molecule has 0 bridgehead atoms. The minimum atomic E-state index is 0.845. The zero-order valence-electron chi connectivity index (χ0n) is 12.4. The first-order chi connectivity index (χ1) is 10.5. The van der Waals surface area contributed by atoms with Crippen LogP contribution in [0.15, 0.2) is 35.1 Å². The van der Waals surface area contributed by atoms with Crippen LogP contribution in [0.25, 0.3) is 11.1 Å². The zero-order chi connectivity index (χ0) is 14.6. The average Bonchev–Trinajstić information content (AvgIpc) is 3.08. The number of oxazole rings is 1. The molecule has 21 heavy (non-hydrogen) atoms. The fourth-order valence-electron chi connectivity index (χ4n) is 2.01. The van der Waals surface area contributed by atoms with Crippen molar-refractivity contribution in [2.75, 3.05) is 52.4 Å². The van der Waals surface area contributed by atoms with Crippen molar-refractivity contribution in [3.8, 4) is 0 Å². The van der Waals surface area contributed by atoms with Crippen molar-refractivity contribution in [3.63, 3.8) is 0 Å². The molecule has 0 atom stereocenters. The summed E-state index contributed by atoms with van der Waals surface area (Å²) < 4.78 is 5.01. The molecule has 2 aliphatic heterocycles. The first kappa shape index (κ1) is 15.9. The van der Waals surface area contributed by atoms with E-state index in [-0.39, 0.29) is 0 Å². The number of aromatic nitrogens is 1. The van der Waals surface area contributed by atoms with Crippen molar-refractivity contribution in [2.45, 2.75) is 0 Å². The number of hydrogen-bond donors (Lipinski definition) is 4. The smallest absolute Gasteiger partial charge is 0.181 e. The maximum Gasteiger partial charge on any atom is 0.181 e. The third kappa shape index (κ3) is 6.68. The number of nitrogens with zero attached hydrogens (tertiary/aromatic N) is 1. The van der Waals surface area contributed by atoms with Gasteiger partial charge in [0.1, 0.15) is 5.52 Å². The molecular weight excluding hydrogens is 266 g/mol. The first-order valence-corrected chi connectivity index (χ1v) is 7.58. The van der Waals surface area contributed by atoms with E-state index >= 15 is 0 Å².